The molecule has 0 spiro atoms. The van der Waals surface area contributed by atoms with Crippen LogP contribution in [-0.2, 0) is 0 Å². The number of unbranched alkanes of at least 4 members (excludes halogenated alkanes) is 2. The van der Waals surface area contributed by atoms with Crippen LogP contribution in [0.5, 0.6) is 0 Å². The van der Waals surface area contributed by atoms with Crippen LogP contribution in [0.2, 0.25) is 0 Å². The molecule has 6 heteroatoms. The minimum absolute atomic E-state index is 0. The summed E-state index contributed by atoms with van der Waals surface area (Å²) in [7, 11) is 0. The van der Waals surface area contributed by atoms with E-state index in [-0.39, 0.29) is 64.0 Å². The van der Waals surface area contributed by atoms with E-state index in [0.717, 1.165) is 25.8 Å². The van der Waals surface area contributed by atoms with Gasteiger partial charge in [0.15, 0.2) is 0 Å². The van der Waals surface area contributed by atoms with Crippen molar-refractivity contribution in [2.75, 3.05) is 13.1 Å². The average Bonchev–Trinajstić information content (AvgIpc) is 2.14. The smallest absolute Gasteiger partial charge is 0.445 e. The van der Waals surface area contributed by atoms with Gasteiger partial charge in [0.05, 0.1) is 0 Å². The summed E-state index contributed by atoms with van der Waals surface area (Å²) in [6, 6.07) is 0.131. The van der Waals surface area contributed by atoms with Crippen molar-refractivity contribution in [3.8, 4) is 0 Å². The van der Waals surface area contributed by atoms with Crippen molar-refractivity contribution in [2.45, 2.75) is 46.1 Å². The Morgan fingerprint density at radius 1 is 1.24 bits per heavy atom. The van der Waals surface area contributed by atoms with Crippen molar-refractivity contribution in [1.29, 1.82) is 0 Å². The number of rotatable bonds is 8. The zero-order chi connectivity index (χ0) is 12.8. The van der Waals surface area contributed by atoms with E-state index in [1.165, 1.54) is 0 Å². The van der Waals surface area contributed by atoms with Crippen LogP contribution in [0.15, 0.2) is 12.1 Å². The molecule has 0 aromatic carbocycles. The standard InChI is InChI=1S/C11H22BF3N.K/c1-5-6-7-8-16(10(2)3)9-11(4)12(13,14)15;/h10H,4-9H2,1-3H3;/q-1;+1. The second kappa shape index (κ2) is 10.0. The number of halogens is 3. The van der Waals surface area contributed by atoms with Crippen molar-refractivity contribution < 1.29 is 64.3 Å². The Kier molecular flexibility index (Phi) is 12.1. The number of hydrogen-bond acceptors (Lipinski definition) is 1. The largest absolute Gasteiger partial charge is 1.00 e. The fourth-order valence-corrected chi connectivity index (χ4v) is 1.45. The van der Waals surface area contributed by atoms with Gasteiger partial charge in [-0.15, -0.1) is 12.1 Å². The molecule has 0 amide bonds. The van der Waals surface area contributed by atoms with Crippen LogP contribution in [0, 0.1) is 0 Å². The van der Waals surface area contributed by atoms with Crippen LogP contribution in [-0.4, -0.2) is 31.0 Å². The normalized spacial score (nSPS) is 11.8. The Morgan fingerprint density at radius 2 is 1.76 bits per heavy atom. The summed E-state index contributed by atoms with van der Waals surface area (Å²) < 4.78 is 37.2. The minimum atomic E-state index is -4.89. The monoisotopic (exact) mass is 275 g/mol. The third-order valence-electron chi connectivity index (χ3n) is 2.65. The molecule has 0 rings (SSSR count). The third-order valence-corrected chi connectivity index (χ3v) is 2.65. The molecule has 0 heterocycles. The van der Waals surface area contributed by atoms with Crippen LogP contribution in [0.25, 0.3) is 0 Å². The molecular weight excluding hydrogens is 253 g/mol. The predicted molar refractivity (Wildman–Crippen MR) is 64.5 cm³/mol. The van der Waals surface area contributed by atoms with Gasteiger partial charge < -0.3 is 17.8 Å². The molecule has 0 bridgehead atoms. The average molecular weight is 275 g/mol. The van der Waals surface area contributed by atoms with Crippen LogP contribution < -0.4 is 51.4 Å². The molecule has 0 unspecified atom stereocenters. The van der Waals surface area contributed by atoms with Gasteiger partial charge in [0.1, 0.15) is 0 Å². The Hall–Kier alpha value is 1.19. The molecule has 17 heavy (non-hydrogen) atoms. The van der Waals surface area contributed by atoms with Crippen molar-refractivity contribution in [2.24, 2.45) is 0 Å². The molecule has 0 aromatic rings. The molecule has 0 saturated carbocycles. The number of hydrogen-bond donors (Lipinski definition) is 0. The summed E-state index contributed by atoms with van der Waals surface area (Å²) >= 11 is 0. The maximum Gasteiger partial charge on any atom is 1.00 e. The van der Waals surface area contributed by atoms with E-state index in [9.17, 15) is 12.9 Å². The van der Waals surface area contributed by atoms with Crippen molar-refractivity contribution >= 4 is 6.98 Å². The molecule has 0 atom stereocenters. The summed E-state index contributed by atoms with van der Waals surface area (Å²) in [6.07, 6.45) is 3.09. The quantitative estimate of drug-likeness (QED) is 0.468. The van der Waals surface area contributed by atoms with E-state index in [4.69, 9.17) is 0 Å². The molecule has 1 nitrogen and oxygen atoms in total. The van der Waals surface area contributed by atoms with Gasteiger partial charge in [-0.2, -0.15) is 0 Å². The van der Waals surface area contributed by atoms with E-state index in [1.54, 1.807) is 0 Å². The van der Waals surface area contributed by atoms with E-state index in [0.29, 0.717) is 0 Å². The van der Waals surface area contributed by atoms with Gasteiger partial charge in [0.2, 0.25) is 0 Å². The summed E-state index contributed by atoms with van der Waals surface area (Å²) in [4.78, 5) is 1.84. The van der Waals surface area contributed by atoms with Crippen LogP contribution in [0.1, 0.15) is 40.0 Å². The summed E-state index contributed by atoms with van der Waals surface area (Å²) in [5, 5.41) is 0. The predicted octanol–water partition coefficient (Wildman–Crippen LogP) is 0.834. The second-order valence-electron chi connectivity index (χ2n) is 4.50. The first-order valence-electron chi connectivity index (χ1n) is 5.90. The summed E-state index contributed by atoms with van der Waals surface area (Å²) in [5.41, 5.74) is -0.592. The Morgan fingerprint density at radius 3 is 2.12 bits per heavy atom. The van der Waals surface area contributed by atoms with Crippen molar-refractivity contribution in [3.63, 3.8) is 0 Å². The maximum atomic E-state index is 12.4. The van der Waals surface area contributed by atoms with Crippen molar-refractivity contribution in [3.05, 3.63) is 12.1 Å². The summed E-state index contributed by atoms with van der Waals surface area (Å²) in [5.74, 6) is 0. The van der Waals surface area contributed by atoms with Crippen LogP contribution in [0.3, 0.4) is 0 Å². The molecule has 96 valence electrons. The van der Waals surface area contributed by atoms with Gasteiger partial charge in [-0.3, -0.25) is 0 Å². The first-order valence-corrected chi connectivity index (χ1v) is 5.90. The summed E-state index contributed by atoms with van der Waals surface area (Å²) in [6.45, 7) is 4.83. The molecular formula is C11H22BF3KN. The molecule has 0 aliphatic carbocycles. The fraction of sp³-hybridized carbons (Fsp3) is 0.818. The van der Waals surface area contributed by atoms with Gasteiger partial charge in [-0.05, 0) is 33.4 Å². The first kappa shape index (κ1) is 20.5. The van der Waals surface area contributed by atoms with Crippen LogP contribution in [0.4, 0.5) is 12.9 Å². The Balaban J connectivity index is 0. The van der Waals surface area contributed by atoms with E-state index in [2.05, 4.69) is 13.5 Å². The molecule has 0 fully saturated rings. The first-order chi connectivity index (χ1) is 7.29. The van der Waals surface area contributed by atoms with Gasteiger partial charge >= 0.3 is 58.4 Å². The molecule has 0 saturated heterocycles. The van der Waals surface area contributed by atoms with E-state index in [1.807, 2.05) is 18.7 Å². The van der Waals surface area contributed by atoms with E-state index < -0.39 is 12.4 Å². The molecule has 0 aliphatic rings. The Labute approximate surface area is 146 Å². The molecule has 0 N–H and O–H groups in total. The SMILES string of the molecule is C=C(CN(CCCCC)C(C)C)[B-](F)(F)F.[K+]. The number of nitrogens with zero attached hydrogens (tertiary/aromatic N) is 1. The van der Waals surface area contributed by atoms with Gasteiger partial charge in [0.25, 0.3) is 0 Å². The molecule has 0 radical (unpaired) electrons. The van der Waals surface area contributed by atoms with Gasteiger partial charge in [-0.1, -0.05) is 19.8 Å². The Bertz CT molecular complexity index is 219. The fourth-order valence-electron chi connectivity index (χ4n) is 1.45. The second-order valence-corrected chi connectivity index (χ2v) is 4.50. The third kappa shape index (κ3) is 9.73. The zero-order valence-corrected chi connectivity index (χ0v) is 14.6. The molecule has 0 aromatic heterocycles. The van der Waals surface area contributed by atoms with Crippen LogP contribution >= 0.6 is 0 Å². The van der Waals surface area contributed by atoms with Gasteiger partial charge in [-0.25, -0.2) is 0 Å². The topological polar surface area (TPSA) is 3.24 Å². The van der Waals surface area contributed by atoms with Crippen molar-refractivity contribution in [1.82, 2.24) is 4.90 Å². The van der Waals surface area contributed by atoms with Gasteiger partial charge in [0, 0.05) is 6.04 Å². The maximum absolute atomic E-state index is 12.4. The zero-order valence-electron chi connectivity index (χ0n) is 11.5. The van der Waals surface area contributed by atoms with E-state index >= 15 is 0 Å². The minimum Gasteiger partial charge on any atom is -0.445 e. The molecule has 0 aliphatic heterocycles.